The smallest absolute Gasteiger partial charge is 0.204 e. The van der Waals surface area contributed by atoms with Crippen molar-refractivity contribution < 1.29 is 31.8 Å². The summed E-state index contributed by atoms with van der Waals surface area (Å²) in [6, 6.07) is 8.66. The first-order chi connectivity index (χ1) is 16.7. The molecule has 3 heterocycles. The zero-order chi connectivity index (χ0) is 25.3. The number of ether oxygens (including phenoxy) is 2. The normalized spacial score (nSPS) is 13.5. The molecular weight excluding hydrogens is 476 g/mol. The van der Waals surface area contributed by atoms with Crippen molar-refractivity contribution in [3.8, 4) is 28.8 Å². The average Bonchev–Trinajstić information content (AvgIpc) is 3.57. The fourth-order valence-corrected chi connectivity index (χ4v) is 5.02. The highest BCUT2D eigenvalue weighted by Crippen LogP contribution is 2.37. The van der Waals surface area contributed by atoms with E-state index >= 15 is 0 Å². The second-order valence-electron chi connectivity index (χ2n) is 7.95. The SMILES string of the molecule is COc1cccc(OC)c1-n1c(CS(=O)(=O)[C@@H](C)[C@@H](O)c2coc(C)n2)nnc1-c1ccc(C)o1. The van der Waals surface area contributed by atoms with Gasteiger partial charge in [-0.2, -0.15) is 0 Å². The Morgan fingerprint density at radius 1 is 1.09 bits per heavy atom. The highest BCUT2D eigenvalue weighted by molar-refractivity contribution is 7.91. The van der Waals surface area contributed by atoms with E-state index in [0.717, 1.165) is 0 Å². The van der Waals surface area contributed by atoms with E-state index in [-0.39, 0.29) is 17.3 Å². The van der Waals surface area contributed by atoms with Crippen LogP contribution in [0.2, 0.25) is 0 Å². The highest BCUT2D eigenvalue weighted by Gasteiger charge is 2.34. The Morgan fingerprint density at radius 3 is 2.31 bits per heavy atom. The van der Waals surface area contributed by atoms with Crippen molar-refractivity contribution in [1.82, 2.24) is 19.7 Å². The van der Waals surface area contributed by atoms with Crippen LogP contribution in [0.15, 0.2) is 45.4 Å². The van der Waals surface area contributed by atoms with E-state index in [0.29, 0.717) is 34.6 Å². The van der Waals surface area contributed by atoms with Crippen molar-refractivity contribution in [3.05, 3.63) is 59.8 Å². The fraction of sp³-hybridized carbons (Fsp3) is 0.348. The summed E-state index contributed by atoms with van der Waals surface area (Å²) in [4.78, 5) is 4.05. The van der Waals surface area contributed by atoms with Gasteiger partial charge in [0.1, 0.15) is 46.8 Å². The second-order valence-corrected chi connectivity index (χ2v) is 10.3. The molecule has 35 heavy (non-hydrogen) atoms. The van der Waals surface area contributed by atoms with Crippen molar-refractivity contribution in [2.75, 3.05) is 14.2 Å². The predicted octanol–water partition coefficient (Wildman–Crippen LogP) is 3.19. The summed E-state index contributed by atoms with van der Waals surface area (Å²) in [7, 11) is -0.964. The van der Waals surface area contributed by atoms with Gasteiger partial charge in [0.05, 0.1) is 19.5 Å². The van der Waals surface area contributed by atoms with Crippen LogP contribution < -0.4 is 9.47 Å². The summed E-state index contributed by atoms with van der Waals surface area (Å²) < 4.78 is 50.3. The Hall–Kier alpha value is -3.64. The number of aliphatic hydroxyl groups excluding tert-OH is 1. The van der Waals surface area contributed by atoms with Gasteiger partial charge in [-0.1, -0.05) is 6.07 Å². The Morgan fingerprint density at radius 2 is 1.77 bits per heavy atom. The fourth-order valence-electron chi connectivity index (χ4n) is 3.68. The summed E-state index contributed by atoms with van der Waals surface area (Å²) in [6.07, 6.45) is -0.146. The van der Waals surface area contributed by atoms with E-state index in [1.54, 1.807) is 44.2 Å². The summed E-state index contributed by atoms with van der Waals surface area (Å²) in [5, 5.41) is 17.9. The molecule has 0 bridgehead atoms. The quantitative estimate of drug-likeness (QED) is 0.362. The van der Waals surface area contributed by atoms with E-state index in [4.69, 9.17) is 18.3 Å². The zero-order valence-corrected chi connectivity index (χ0v) is 20.7. The minimum atomic E-state index is -3.95. The van der Waals surface area contributed by atoms with Crippen molar-refractivity contribution in [2.24, 2.45) is 0 Å². The third-order valence-corrected chi connectivity index (χ3v) is 7.65. The maximum Gasteiger partial charge on any atom is 0.204 e. The minimum absolute atomic E-state index is 0.0900. The monoisotopic (exact) mass is 502 g/mol. The summed E-state index contributed by atoms with van der Waals surface area (Å²) in [6.45, 7) is 4.80. The molecule has 0 aliphatic heterocycles. The van der Waals surface area contributed by atoms with Gasteiger partial charge in [0.15, 0.2) is 27.3 Å². The molecule has 0 fully saturated rings. The minimum Gasteiger partial charge on any atom is -0.494 e. The number of hydrogen-bond donors (Lipinski definition) is 1. The number of methoxy groups -OCH3 is 2. The standard InChI is InChI=1S/C23H26N4O7S/c1-13-9-10-19(34-13)23-26-25-20(27(23)21-17(31-4)7-6-8-18(21)32-5)12-35(29,30)14(2)22(28)16-11-33-15(3)24-16/h6-11,14,22,28H,12H2,1-5H3/t14-,22+/m0/s1. The lowest BCUT2D eigenvalue weighted by Gasteiger charge is -2.19. The molecule has 1 aromatic carbocycles. The number of furan rings is 1. The predicted molar refractivity (Wildman–Crippen MR) is 125 cm³/mol. The van der Waals surface area contributed by atoms with Gasteiger partial charge in [0.25, 0.3) is 0 Å². The molecule has 1 N–H and O–H groups in total. The molecule has 0 saturated carbocycles. The maximum absolute atomic E-state index is 13.4. The number of benzene rings is 1. The number of nitrogens with zero attached hydrogens (tertiary/aromatic N) is 4. The number of rotatable bonds is 9. The molecule has 0 spiro atoms. The van der Waals surface area contributed by atoms with Gasteiger partial charge in [-0.05, 0) is 38.1 Å². The van der Waals surface area contributed by atoms with Crippen LogP contribution in [-0.4, -0.2) is 52.7 Å². The zero-order valence-electron chi connectivity index (χ0n) is 19.9. The molecule has 4 aromatic rings. The first-order valence-electron chi connectivity index (χ1n) is 10.7. The van der Waals surface area contributed by atoms with Crippen LogP contribution in [0.1, 0.15) is 36.2 Å². The molecule has 186 valence electrons. The van der Waals surface area contributed by atoms with Gasteiger partial charge < -0.3 is 23.4 Å². The lowest BCUT2D eigenvalue weighted by molar-refractivity contribution is 0.171. The molecule has 3 aromatic heterocycles. The topological polar surface area (TPSA) is 143 Å². The van der Waals surface area contributed by atoms with Gasteiger partial charge in [-0.25, -0.2) is 13.4 Å². The average molecular weight is 503 g/mol. The lowest BCUT2D eigenvalue weighted by Crippen LogP contribution is -2.28. The Labute approximate surface area is 202 Å². The van der Waals surface area contributed by atoms with Crippen LogP contribution >= 0.6 is 0 Å². The van der Waals surface area contributed by atoms with Gasteiger partial charge in [-0.3, -0.25) is 4.57 Å². The van der Waals surface area contributed by atoms with E-state index in [9.17, 15) is 13.5 Å². The van der Waals surface area contributed by atoms with Crippen molar-refractivity contribution in [3.63, 3.8) is 0 Å². The third-order valence-electron chi connectivity index (χ3n) is 5.60. The molecule has 12 heteroatoms. The number of sulfone groups is 1. The molecule has 0 saturated heterocycles. The van der Waals surface area contributed by atoms with Crippen LogP contribution in [0.3, 0.4) is 0 Å². The van der Waals surface area contributed by atoms with Crippen LogP contribution in [0.4, 0.5) is 0 Å². The van der Waals surface area contributed by atoms with E-state index < -0.39 is 26.9 Å². The maximum atomic E-state index is 13.4. The number of hydrogen-bond acceptors (Lipinski definition) is 10. The van der Waals surface area contributed by atoms with Crippen LogP contribution in [0, 0.1) is 13.8 Å². The van der Waals surface area contributed by atoms with Gasteiger partial charge >= 0.3 is 0 Å². The first kappa shape index (κ1) is 24.5. The van der Waals surface area contributed by atoms with Crippen molar-refractivity contribution in [1.29, 1.82) is 0 Å². The number of aliphatic hydroxyl groups is 1. The van der Waals surface area contributed by atoms with Crippen LogP contribution in [-0.2, 0) is 15.6 Å². The highest BCUT2D eigenvalue weighted by atomic mass is 32.2. The molecule has 0 unspecified atom stereocenters. The summed E-state index contributed by atoms with van der Waals surface area (Å²) in [5.41, 5.74) is 0.551. The number of aryl methyl sites for hydroxylation is 2. The van der Waals surface area contributed by atoms with Gasteiger partial charge in [0.2, 0.25) is 5.82 Å². The van der Waals surface area contributed by atoms with E-state index in [2.05, 4.69) is 15.2 Å². The van der Waals surface area contributed by atoms with Crippen LogP contribution in [0.5, 0.6) is 11.5 Å². The first-order valence-corrected chi connectivity index (χ1v) is 12.4. The summed E-state index contributed by atoms with van der Waals surface area (Å²) in [5.74, 6) is 2.02. The molecule has 0 radical (unpaired) electrons. The second kappa shape index (κ2) is 9.55. The molecule has 4 rings (SSSR count). The Bertz CT molecular complexity index is 1420. The van der Waals surface area contributed by atoms with Crippen LogP contribution in [0.25, 0.3) is 17.3 Å². The number of oxazole rings is 1. The summed E-state index contributed by atoms with van der Waals surface area (Å²) >= 11 is 0. The molecule has 11 nitrogen and oxygen atoms in total. The number of para-hydroxylation sites is 1. The lowest BCUT2D eigenvalue weighted by atomic mass is 10.2. The number of aromatic nitrogens is 4. The molecule has 0 amide bonds. The van der Waals surface area contributed by atoms with Gasteiger partial charge in [0, 0.05) is 6.92 Å². The van der Waals surface area contributed by atoms with Crippen molar-refractivity contribution in [2.45, 2.75) is 37.9 Å². The molecule has 0 aliphatic carbocycles. The Balaban J connectivity index is 1.83. The molecule has 0 aliphatic rings. The third kappa shape index (κ3) is 4.66. The molecule has 2 atom stereocenters. The van der Waals surface area contributed by atoms with E-state index in [1.807, 2.05) is 0 Å². The largest absolute Gasteiger partial charge is 0.494 e. The van der Waals surface area contributed by atoms with Gasteiger partial charge in [-0.15, -0.1) is 10.2 Å². The molecular formula is C23H26N4O7S. The Kier molecular flexibility index (Phi) is 6.68. The van der Waals surface area contributed by atoms with E-state index in [1.165, 1.54) is 32.0 Å². The van der Waals surface area contributed by atoms with Crippen molar-refractivity contribution >= 4 is 9.84 Å².